The highest BCUT2D eigenvalue weighted by Crippen LogP contribution is 2.22. The lowest BCUT2D eigenvalue weighted by Crippen LogP contribution is -2.34. The Balaban J connectivity index is 0.00000147. The van der Waals surface area contributed by atoms with E-state index < -0.39 is 4.92 Å². The molecule has 0 spiro atoms. The molecule has 1 aromatic heterocycles. The van der Waals surface area contributed by atoms with Crippen LogP contribution in [0.1, 0.15) is 12.8 Å². The van der Waals surface area contributed by atoms with Gasteiger partial charge in [-0.1, -0.05) is 0 Å². The predicted molar refractivity (Wildman–Crippen MR) is 76.5 cm³/mol. The van der Waals surface area contributed by atoms with Crippen LogP contribution in [0.25, 0.3) is 11.0 Å². The minimum atomic E-state index is -0.423. The number of aromatic nitrogens is 2. The summed E-state index contributed by atoms with van der Waals surface area (Å²) in [5, 5.41) is 14.0. The first-order chi connectivity index (χ1) is 9.22. The zero-order valence-electron chi connectivity index (χ0n) is 10.7. The summed E-state index contributed by atoms with van der Waals surface area (Å²) in [5.41, 5.74) is 1.34. The van der Waals surface area contributed by atoms with Crippen LogP contribution in [-0.2, 0) is 0 Å². The summed E-state index contributed by atoms with van der Waals surface area (Å²) in [6.45, 7) is 1.88. The number of piperidine rings is 1. The van der Waals surface area contributed by atoms with Gasteiger partial charge in [-0.2, -0.15) is 4.98 Å². The lowest BCUT2D eigenvalue weighted by molar-refractivity contribution is -0.384. The van der Waals surface area contributed by atoms with E-state index in [-0.39, 0.29) is 24.2 Å². The fourth-order valence-corrected chi connectivity index (χ4v) is 2.21. The van der Waals surface area contributed by atoms with Crippen LogP contribution in [0.3, 0.4) is 0 Å². The summed E-state index contributed by atoms with van der Waals surface area (Å²) in [6, 6.07) is 4.97. The normalized spacial score (nSPS) is 15.8. The predicted octanol–water partition coefficient (Wildman–Crippen LogP) is 2.02. The number of halogens is 1. The van der Waals surface area contributed by atoms with Crippen LogP contribution >= 0.6 is 12.4 Å². The van der Waals surface area contributed by atoms with Crippen LogP contribution in [-0.4, -0.2) is 34.1 Å². The maximum Gasteiger partial charge on any atom is 0.294 e. The quantitative estimate of drug-likeness (QED) is 0.668. The van der Waals surface area contributed by atoms with Crippen molar-refractivity contribution in [2.45, 2.75) is 18.9 Å². The highest BCUT2D eigenvalue weighted by molar-refractivity contribution is 5.85. The Morgan fingerprint density at radius 1 is 1.35 bits per heavy atom. The molecule has 2 N–H and O–H groups in total. The number of rotatable bonds is 3. The van der Waals surface area contributed by atoms with Crippen molar-refractivity contribution in [3.05, 3.63) is 28.3 Å². The average Bonchev–Trinajstić information content (AvgIpc) is 2.80. The van der Waals surface area contributed by atoms with E-state index in [1.807, 2.05) is 0 Å². The van der Waals surface area contributed by atoms with Crippen molar-refractivity contribution in [2.24, 2.45) is 0 Å². The third-order valence-corrected chi connectivity index (χ3v) is 3.22. The van der Waals surface area contributed by atoms with Gasteiger partial charge in [0.1, 0.15) is 6.10 Å². The van der Waals surface area contributed by atoms with Gasteiger partial charge in [-0.3, -0.25) is 10.1 Å². The van der Waals surface area contributed by atoms with Crippen LogP contribution in [0.2, 0.25) is 0 Å². The maximum absolute atomic E-state index is 10.7. The molecule has 2 heterocycles. The fourth-order valence-electron chi connectivity index (χ4n) is 2.21. The van der Waals surface area contributed by atoms with Gasteiger partial charge in [0.05, 0.1) is 16.0 Å². The molecule has 1 saturated heterocycles. The summed E-state index contributed by atoms with van der Waals surface area (Å²) < 4.78 is 5.76. The second-order valence-electron chi connectivity index (χ2n) is 4.57. The number of imidazole rings is 1. The monoisotopic (exact) mass is 298 g/mol. The third-order valence-electron chi connectivity index (χ3n) is 3.22. The van der Waals surface area contributed by atoms with Crippen molar-refractivity contribution in [2.75, 3.05) is 13.1 Å². The number of nitro benzene ring substituents is 1. The molecule has 1 aliphatic heterocycles. The van der Waals surface area contributed by atoms with Crippen LogP contribution in [0, 0.1) is 10.1 Å². The molecular formula is C12H15ClN4O3. The molecular weight excluding hydrogens is 284 g/mol. The average molecular weight is 299 g/mol. The number of fused-ring (bicyclic) bond motifs is 1. The molecule has 1 aliphatic rings. The summed E-state index contributed by atoms with van der Waals surface area (Å²) in [7, 11) is 0. The Hall–Kier alpha value is -1.86. The van der Waals surface area contributed by atoms with Gasteiger partial charge < -0.3 is 15.0 Å². The van der Waals surface area contributed by atoms with Crippen molar-refractivity contribution >= 4 is 29.1 Å². The lowest BCUT2D eigenvalue weighted by atomic mass is 10.1. The molecule has 0 amide bonds. The molecule has 0 aliphatic carbocycles. The minimum Gasteiger partial charge on any atom is -0.461 e. The zero-order valence-corrected chi connectivity index (χ0v) is 11.5. The second-order valence-corrected chi connectivity index (χ2v) is 4.57. The Kier molecular flexibility index (Phi) is 4.41. The van der Waals surface area contributed by atoms with Crippen LogP contribution < -0.4 is 10.1 Å². The number of nitrogens with one attached hydrogen (secondary N) is 2. The van der Waals surface area contributed by atoms with Gasteiger partial charge in [0.25, 0.3) is 11.7 Å². The Bertz CT molecular complexity index is 610. The van der Waals surface area contributed by atoms with Crippen molar-refractivity contribution < 1.29 is 9.66 Å². The second kappa shape index (κ2) is 6.06. The molecule has 0 radical (unpaired) electrons. The molecule has 0 saturated carbocycles. The van der Waals surface area contributed by atoms with E-state index in [1.54, 1.807) is 6.07 Å². The van der Waals surface area contributed by atoms with E-state index in [1.165, 1.54) is 12.1 Å². The Morgan fingerprint density at radius 2 is 2.10 bits per heavy atom. The number of H-pyrrole nitrogens is 1. The number of hydrogen-bond donors (Lipinski definition) is 2. The van der Waals surface area contributed by atoms with E-state index >= 15 is 0 Å². The first kappa shape index (κ1) is 14.5. The van der Waals surface area contributed by atoms with Crippen molar-refractivity contribution in [1.82, 2.24) is 15.3 Å². The zero-order chi connectivity index (χ0) is 13.2. The number of hydrogen-bond acceptors (Lipinski definition) is 5. The molecule has 3 rings (SSSR count). The first-order valence-corrected chi connectivity index (χ1v) is 6.24. The van der Waals surface area contributed by atoms with E-state index in [2.05, 4.69) is 15.3 Å². The van der Waals surface area contributed by atoms with Gasteiger partial charge in [0.15, 0.2) is 0 Å². The number of nitrogens with zero attached hydrogens (tertiary/aromatic N) is 2. The minimum absolute atomic E-state index is 0. The molecule has 1 aromatic carbocycles. The van der Waals surface area contributed by atoms with Gasteiger partial charge in [0.2, 0.25) is 0 Å². The first-order valence-electron chi connectivity index (χ1n) is 6.24. The van der Waals surface area contributed by atoms with Crippen molar-refractivity contribution in [3.8, 4) is 6.01 Å². The van der Waals surface area contributed by atoms with Crippen molar-refractivity contribution in [1.29, 1.82) is 0 Å². The van der Waals surface area contributed by atoms with E-state index in [4.69, 9.17) is 4.74 Å². The van der Waals surface area contributed by atoms with Gasteiger partial charge in [-0.15, -0.1) is 12.4 Å². The highest BCUT2D eigenvalue weighted by Gasteiger charge is 2.17. The standard InChI is InChI=1S/C12H14N4O3.ClH/c17-16(18)8-1-2-10-11(7-8)15-12(14-10)19-9-3-5-13-6-4-9;/h1-2,7,9,13H,3-6H2,(H,14,15);1H. The van der Waals surface area contributed by atoms with Crippen LogP contribution in [0.5, 0.6) is 6.01 Å². The molecule has 108 valence electrons. The smallest absolute Gasteiger partial charge is 0.294 e. The van der Waals surface area contributed by atoms with E-state index in [9.17, 15) is 10.1 Å². The largest absolute Gasteiger partial charge is 0.461 e. The van der Waals surface area contributed by atoms with Gasteiger partial charge in [-0.05, 0) is 32.0 Å². The third kappa shape index (κ3) is 3.00. The molecule has 0 unspecified atom stereocenters. The molecule has 0 bridgehead atoms. The van der Waals surface area contributed by atoms with Gasteiger partial charge >= 0.3 is 0 Å². The van der Waals surface area contributed by atoms with Crippen LogP contribution in [0.4, 0.5) is 5.69 Å². The summed E-state index contributed by atoms with van der Waals surface area (Å²) in [4.78, 5) is 17.5. The summed E-state index contributed by atoms with van der Waals surface area (Å²) in [6.07, 6.45) is 2.03. The molecule has 1 fully saturated rings. The molecule has 2 aromatic rings. The number of benzene rings is 1. The Morgan fingerprint density at radius 3 is 2.80 bits per heavy atom. The summed E-state index contributed by atoms with van der Waals surface area (Å²) >= 11 is 0. The lowest BCUT2D eigenvalue weighted by Gasteiger charge is -2.22. The number of nitro groups is 1. The number of non-ortho nitro benzene ring substituents is 1. The molecule has 0 atom stereocenters. The SMILES string of the molecule is Cl.O=[N+]([O-])c1ccc2nc(OC3CCNCC3)[nH]c2c1. The van der Waals surface area contributed by atoms with Crippen LogP contribution in [0.15, 0.2) is 18.2 Å². The summed E-state index contributed by atoms with van der Waals surface area (Å²) in [5.74, 6) is 0. The molecule has 20 heavy (non-hydrogen) atoms. The maximum atomic E-state index is 10.7. The molecule has 7 nitrogen and oxygen atoms in total. The highest BCUT2D eigenvalue weighted by atomic mass is 35.5. The van der Waals surface area contributed by atoms with Gasteiger partial charge in [-0.25, -0.2) is 0 Å². The number of aromatic amines is 1. The van der Waals surface area contributed by atoms with Gasteiger partial charge in [0, 0.05) is 12.1 Å². The number of ether oxygens (including phenoxy) is 1. The van der Waals surface area contributed by atoms with Crippen molar-refractivity contribution in [3.63, 3.8) is 0 Å². The molecule has 8 heteroatoms. The topological polar surface area (TPSA) is 93.1 Å². The fraction of sp³-hybridized carbons (Fsp3) is 0.417. The van der Waals surface area contributed by atoms with E-state index in [0.717, 1.165) is 25.9 Å². The Labute approximate surface area is 121 Å². The van der Waals surface area contributed by atoms with E-state index in [0.29, 0.717) is 17.0 Å².